The minimum Gasteiger partial charge on any atom is -0.369 e. The van der Waals surface area contributed by atoms with E-state index in [-0.39, 0.29) is 16.4 Å². The van der Waals surface area contributed by atoms with Crippen molar-refractivity contribution in [3.05, 3.63) is 50.9 Å². The van der Waals surface area contributed by atoms with Crippen molar-refractivity contribution in [2.45, 2.75) is 43.5 Å². The lowest BCUT2D eigenvalue weighted by Gasteiger charge is -2.18. The van der Waals surface area contributed by atoms with Gasteiger partial charge in [-0.05, 0) is 49.8 Å². The fraction of sp³-hybridized carbons (Fsp3) is 0.350. The van der Waals surface area contributed by atoms with Crippen LogP contribution < -0.4 is 11.3 Å². The largest absolute Gasteiger partial charge is 0.369 e. The molecule has 3 aromatic rings. The average Bonchev–Trinajstić information content (AvgIpc) is 3.00. The predicted octanol–water partition coefficient (Wildman–Crippen LogP) is 3.68. The number of benzene rings is 1. The molecule has 2 atom stereocenters. The van der Waals surface area contributed by atoms with E-state index in [0.717, 1.165) is 36.6 Å². The molecule has 0 aliphatic heterocycles. The number of halogens is 1. The standard InChI is InChI=1S/C20H20FN3O2S2/c1-10-7-8-12-15(9-10)28-18-16(12)19(26)24(14-6-4-3-5-13(14)21)20(23-18)27-11(2)17(22)25/h3-6,10-11H,7-9H2,1-2H3,(H2,22,25)/t10-,11-/m0/s1. The first-order chi connectivity index (χ1) is 13.4. The Morgan fingerprint density at radius 1 is 1.43 bits per heavy atom. The zero-order chi connectivity index (χ0) is 20.0. The van der Waals surface area contributed by atoms with Crippen LogP contribution in [0.2, 0.25) is 0 Å². The van der Waals surface area contributed by atoms with Crippen LogP contribution in [0.25, 0.3) is 15.9 Å². The quantitative estimate of drug-likeness (QED) is 0.519. The van der Waals surface area contributed by atoms with Crippen LogP contribution in [0.5, 0.6) is 0 Å². The van der Waals surface area contributed by atoms with Gasteiger partial charge in [0.15, 0.2) is 5.16 Å². The summed E-state index contributed by atoms with van der Waals surface area (Å²) in [6, 6.07) is 6.10. The van der Waals surface area contributed by atoms with Gasteiger partial charge in [-0.1, -0.05) is 30.8 Å². The second kappa shape index (κ2) is 7.33. The molecule has 2 aromatic heterocycles. The molecular formula is C20H20FN3O2S2. The van der Waals surface area contributed by atoms with E-state index in [1.807, 2.05) is 0 Å². The summed E-state index contributed by atoms with van der Waals surface area (Å²) in [5.41, 5.74) is 6.28. The van der Waals surface area contributed by atoms with Crippen molar-refractivity contribution in [2.75, 3.05) is 0 Å². The summed E-state index contributed by atoms with van der Waals surface area (Å²) in [6.45, 7) is 3.85. The van der Waals surface area contributed by atoms with Crippen LogP contribution in [-0.4, -0.2) is 20.7 Å². The first kappa shape index (κ1) is 19.1. The molecule has 1 aliphatic carbocycles. The minimum atomic E-state index is -0.600. The molecule has 28 heavy (non-hydrogen) atoms. The summed E-state index contributed by atoms with van der Waals surface area (Å²) in [6.07, 6.45) is 2.78. The zero-order valence-corrected chi connectivity index (χ0v) is 17.2. The lowest BCUT2D eigenvalue weighted by molar-refractivity contribution is -0.117. The molecule has 8 heteroatoms. The highest BCUT2D eigenvalue weighted by Crippen LogP contribution is 2.37. The molecule has 0 saturated heterocycles. The van der Waals surface area contributed by atoms with Gasteiger partial charge in [-0.2, -0.15) is 0 Å². The molecule has 0 fully saturated rings. The highest BCUT2D eigenvalue weighted by molar-refractivity contribution is 8.00. The smallest absolute Gasteiger partial charge is 0.267 e. The van der Waals surface area contributed by atoms with E-state index in [9.17, 15) is 14.0 Å². The van der Waals surface area contributed by atoms with Crippen molar-refractivity contribution < 1.29 is 9.18 Å². The van der Waals surface area contributed by atoms with Crippen molar-refractivity contribution in [1.29, 1.82) is 0 Å². The number of aryl methyl sites for hydroxylation is 1. The van der Waals surface area contributed by atoms with E-state index in [1.165, 1.54) is 26.8 Å². The average molecular weight is 418 g/mol. The Balaban J connectivity index is 2.01. The maximum atomic E-state index is 14.6. The number of amides is 1. The zero-order valence-electron chi connectivity index (χ0n) is 15.6. The molecule has 0 spiro atoms. The highest BCUT2D eigenvalue weighted by atomic mass is 32.2. The summed E-state index contributed by atoms with van der Waals surface area (Å²) in [4.78, 5) is 31.6. The highest BCUT2D eigenvalue weighted by Gasteiger charge is 2.26. The molecule has 5 nitrogen and oxygen atoms in total. The van der Waals surface area contributed by atoms with Gasteiger partial charge in [0.25, 0.3) is 5.56 Å². The lowest BCUT2D eigenvalue weighted by Crippen LogP contribution is -2.27. The summed E-state index contributed by atoms with van der Waals surface area (Å²) in [5, 5.41) is 0.253. The number of para-hydroxylation sites is 1. The Hall–Kier alpha value is -2.19. The fourth-order valence-electron chi connectivity index (χ4n) is 3.51. The summed E-state index contributed by atoms with van der Waals surface area (Å²) >= 11 is 2.60. The third-order valence-electron chi connectivity index (χ3n) is 5.07. The molecule has 146 valence electrons. The monoisotopic (exact) mass is 417 g/mol. The number of thiophene rings is 1. The van der Waals surface area contributed by atoms with Gasteiger partial charge in [-0.25, -0.2) is 9.37 Å². The van der Waals surface area contributed by atoms with Gasteiger partial charge < -0.3 is 5.73 Å². The maximum Gasteiger partial charge on any atom is 0.267 e. The fourth-order valence-corrected chi connectivity index (χ4v) is 5.81. The van der Waals surface area contributed by atoms with Crippen molar-refractivity contribution in [2.24, 2.45) is 11.7 Å². The topological polar surface area (TPSA) is 78.0 Å². The number of nitrogens with two attached hydrogens (primary N) is 1. The third-order valence-corrected chi connectivity index (χ3v) is 7.29. The number of rotatable bonds is 4. The van der Waals surface area contributed by atoms with Gasteiger partial charge in [0.2, 0.25) is 5.91 Å². The van der Waals surface area contributed by atoms with Gasteiger partial charge >= 0.3 is 0 Å². The maximum absolute atomic E-state index is 14.6. The Morgan fingerprint density at radius 2 is 2.18 bits per heavy atom. The molecule has 1 aromatic carbocycles. The number of hydrogen-bond donors (Lipinski definition) is 1. The summed E-state index contributed by atoms with van der Waals surface area (Å²) < 4.78 is 15.8. The number of thioether (sulfide) groups is 1. The molecule has 0 saturated carbocycles. The second-order valence-corrected chi connectivity index (χ2v) is 9.57. The Labute approximate surface area is 169 Å². The van der Waals surface area contributed by atoms with E-state index in [4.69, 9.17) is 5.73 Å². The number of fused-ring (bicyclic) bond motifs is 3. The molecule has 1 aliphatic rings. The van der Waals surface area contributed by atoms with E-state index in [1.54, 1.807) is 25.1 Å². The van der Waals surface area contributed by atoms with Crippen molar-refractivity contribution in [1.82, 2.24) is 9.55 Å². The van der Waals surface area contributed by atoms with E-state index in [0.29, 0.717) is 16.1 Å². The second-order valence-electron chi connectivity index (χ2n) is 7.18. The molecular weight excluding hydrogens is 397 g/mol. The number of carbonyl (C=O) groups is 1. The van der Waals surface area contributed by atoms with Gasteiger partial charge in [-0.3, -0.25) is 14.2 Å². The van der Waals surface area contributed by atoms with E-state index >= 15 is 0 Å². The molecule has 0 radical (unpaired) electrons. The Bertz CT molecular complexity index is 1140. The molecule has 0 bridgehead atoms. The van der Waals surface area contributed by atoms with Gasteiger partial charge in [0, 0.05) is 4.88 Å². The van der Waals surface area contributed by atoms with Crippen molar-refractivity contribution in [3.8, 4) is 5.69 Å². The van der Waals surface area contributed by atoms with Gasteiger partial charge in [0.1, 0.15) is 10.6 Å². The predicted molar refractivity (Wildman–Crippen MR) is 111 cm³/mol. The Kier molecular flexibility index (Phi) is 5.01. The van der Waals surface area contributed by atoms with Crippen LogP contribution in [0.3, 0.4) is 0 Å². The van der Waals surface area contributed by atoms with Gasteiger partial charge in [-0.15, -0.1) is 11.3 Å². The number of aromatic nitrogens is 2. The minimum absolute atomic E-state index is 0.130. The number of primary amides is 1. The number of hydrogen-bond acceptors (Lipinski definition) is 5. The van der Waals surface area contributed by atoms with Crippen LogP contribution in [0.15, 0.2) is 34.2 Å². The summed E-state index contributed by atoms with van der Waals surface area (Å²) in [7, 11) is 0. The van der Waals surface area contributed by atoms with Crippen LogP contribution in [0, 0.1) is 11.7 Å². The van der Waals surface area contributed by atoms with E-state index in [2.05, 4.69) is 11.9 Å². The lowest BCUT2D eigenvalue weighted by atomic mass is 9.89. The first-order valence-electron chi connectivity index (χ1n) is 9.15. The summed E-state index contributed by atoms with van der Waals surface area (Å²) in [5.74, 6) is -0.464. The number of carbonyl (C=O) groups excluding carboxylic acids is 1. The van der Waals surface area contributed by atoms with Crippen LogP contribution in [0.4, 0.5) is 4.39 Å². The third kappa shape index (κ3) is 3.24. The molecule has 4 rings (SSSR count). The van der Waals surface area contributed by atoms with Crippen molar-refractivity contribution >= 4 is 39.2 Å². The first-order valence-corrected chi connectivity index (χ1v) is 10.8. The Morgan fingerprint density at radius 3 is 2.89 bits per heavy atom. The van der Waals surface area contributed by atoms with Crippen molar-refractivity contribution in [3.63, 3.8) is 0 Å². The molecule has 1 amide bonds. The van der Waals surface area contributed by atoms with E-state index < -0.39 is 17.0 Å². The molecule has 0 unspecified atom stereocenters. The van der Waals surface area contributed by atoms with Crippen LogP contribution in [0.1, 0.15) is 30.7 Å². The SMILES string of the molecule is C[C@H]1CCc2c(sc3nc(S[C@@H](C)C(N)=O)n(-c4ccccc4F)c(=O)c23)C1. The normalized spacial score (nSPS) is 17.5. The van der Waals surface area contributed by atoms with Crippen LogP contribution in [-0.2, 0) is 17.6 Å². The van der Waals surface area contributed by atoms with Crippen LogP contribution >= 0.6 is 23.1 Å². The number of nitrogens with zero attached hydrogens (tertiary/aromatic N) is 2. The van der Waals surface area contributed by atoms with Gasteiger partial charge in [0.05, 0.1) is 16.3 Å². The molecule has 2 heterocycles. The molecule has 2 N–H and O–H groups in total.